The average molecular weight is 491 g/mol. The molecule has 1 amide bonds. The predicted molar refractivity (Wildman–Crippen MR) is 137 cm³/mol. The van der Waals surface area contributed by atoms with Crippen LogP contribution in [0.25, 0.3) is 0 Å². The van der Waals surface area contributed by atoms with Crippen molar-refractivity contribution in [3.05, 3.63) is 82.9 Å². The van der Waals surface area contributed by atoms with Gasteiger partial charge >= 0.3 is 5.97 Å². The van der Waals surface area contributed by atoms with E-state index in [1.165, 1.54) is 13.3 Å². The lowest BCUT2D eigenvalue weighted by Gasteiger charge is -2.14. The monoisotopic (exact) mass is 490 g/mol. The number of rotatable bonds is 10. The molecule has 1 N–H and O–H groups in total. The minimum absolute atomic E-state index is 0.163. The first-order chi connectivity index (χ1) is 17.3. The van der Waals surface area contributed by atoms with Crippen molar-refractivity contribution in [3.8, 4) is 23.0 Å². The Morgan fingerprint density at radius 1 is 0.917 bits per heavy atom. The van der Waals surface area contributed by atoms with Crippen molar-refractivity contribution < 1.29 is 28.5 Å². The van der Waals surface area contributed by atoms with Crippen LogP contribution in [0.4, 0.5) is 0 Å². The van der Waals surface area contributed by atoms with Crippen molar-refractivity contribution in [1.29, 1.82) is 0 Å². The summed E-state index contributed by atoms with van der Waals surface area (Å²) in [5, 5.41) is 3.98. The van der Waals surface area contributed by atoms with E-state index >= 15 is 0 Å². The third-order valence-corrected chi connectivity index (χ3v) is 5.27. The van der Waals surface area contributed by atoms with Crippen LogP contribution in [-0.2, 0) is 4.79 Å². The summed E-state index contributed by atoms with van der Waals surface area (Å²) >= 11 is 0. The highest BCUT2D eigenvalue weighted by atomic mass is 16.6. The molecular weight excluding hydrogens is 460 g/mol. The molecule has 3 aromatic rings. The minimum atomic E-state index is -0.529. The normalized spacial score (nSPS) is 10.8. The van der Waals surface area contributed by atoms with Gasteiger partial charge in [-0.25, -0.2) is 10.2 Å². The second-order valence-corrected chi connectivity index (χ2v) is 8.31. The smallest absolute Gasteiger partial charge is 0.343 e. The van der Waals surface area contributed by atoms with Crippen LogP contribution < -0.4 is 24.4 Å². The van der Waals surface area contributed by atoms with Gasteiger partial charge < -0.3 is 18.9 Å². The number of benzene rings is 3. The highest BCUT2D eigenvalue weighted by Gasteiger charge is 2.13. The summed E-state index contributed by atoms with van der Waals surface area (Å²) in [5.41, 5.74) is 5.55. The zero-order valence-corrected chi connectivity index (χ0v) is 21.0. The van der Waals surface area contributed by atoms with Crippen LogP contribution in [0.1, 0.15) is 46.8 Å². The number of ether oxygens (including phenoxy) is 4. The number of methoxy groups -OCH3 is 2. The number of hydrogen-bond acceptors (Lipinski definition) is 7. The standard InChI is InChI=1S/C28H30N2O6/c1-18(2)23-12-6-19(3)14-25(23)35-17-27(31)30-29-16-20-7-13-24(26(15-20)34-5)36-28(32)21-8-10-22(33-4)11-9-21/h6-16,18H,17H2,1-5H3,(H,30,31)/b29-16+. The molecule has 0 spiro atoms. The molecule has 8 heteroatoms. The number of nitrogens with zero attached hydrogens (tertiary/aromatic N) is 1. The van der Waals surface area contributed by atoms with Crippen molar-refractivity contribution in [2.24, 2.45) is 5.10 Å². The van der Waals surface area contributed by atoms with Gasteiger partial charge in [0.1, 0.15) is 11.5 Å². The molecular formula is C28H30N2O6. The molecule has 0 heterocycles. The number of nitrogens with one attached hydrogen (secondary N) is 1. The van der Waals surface area contributed by atoms with Crippen molar-refractivity contribution in [2.75, 3.05) is 20.8 Å². The zero-order valence-electron chi connectivity index (χ0n) is 21.0. The maximum atomic E-state index is 12.5. The molecule has 3 rings (SSSR count). The number of carbonyl (C=O) groups excluding carboxylic acids is 2. The van der Waals surface area contributed by atoms with Crippen molar-refractivity contribution in [3.63, 3.8) is 0 Å². The number of carbonyl (C=O) groups is 2. The fraction of sp³-hybridized carbons (Fsp3) is 0.250. The number of esters is 1. The highest BCUT2D eigenvalue weighted by Crippen LogP contribution is 2.29. The molecule has 0 aliphatic rings. The first kappa shape index (κ1) is 26.3. The number of hydrazone groups is 1. The SMILES string of the molecule is COc1ccc(C(=O)Oc2ccc(/C=N/NC(=O)COc3cc(C)ccc3C(C)C)cc2OC)cc1. The van der Waals surface area contributed by atoms with Gasteiger partial charge in [-0.05, 0) is 78.1 Å². The summed E-state index contributed by atoms with van der Waals surface area (Å²) in [6.45, 7) is 5.95. The predicted octanol–water partition coefficient (Wildman–Crippen LogP) is 4.88. The van der Waals surface area contributed by atoms with Gasteiger partial charge in [0.25, 0.3) is 5.91 Å². The third-order valence-electron chi connectivity index (χ3n) is 5.27. The second-order valence-electron chi connectivity index (χ2n) is 8.31. The van der Waals surface area contributed by atoms with Crippen LogP contribution in [0, 0.1) is 6.92 Å². The summed E-state index contributed by atoms with van der Waals surface area (Å²) in [6.07, 6.45) is 1.46. The molecule has 0 aliphatic heterocycles. The van der Waals surface area contributed by atoms with Crippen LogP contribution in [0.15, 0.2) is 65.8 Å². The number of hydrogen-bond donors (Lipinski definition) is 1. The molecule has 0 aromatic heterocycles. The molecule has 0 saturated carbocycles. The quantitative estimate of drug-likeness (QED) is 0.188. The topological polar surface area (TPSA) is 95.5 Å². The molecule has 0 radical (unpaired) electrons. The van der Waals surface area contributed by atoms with Crippen LogP contribution in [0.2, 0.25) is 0 Å². The van der Waals surface area contributed by atoms with Gasteiger partial charge in [0, 0.05) is 0 Å². The van der Waals surface area contributed by atoms with Gasteiger partial charge in [-0.15, -0.1) is 0 Å². The van der Waals surface area contributed by atoms with Gasteiger partial charge in [-0.1, -0.05) is 26.0 Å². The Morgan fingerprint density at radius 3 is 2.33 bits per heavy atom. The Morgan fingerprint density at radius 2 is 1.67 bits per heavy atom. The molecule has 0 unspecified atom stereocenters. The number of amides is 1. The minimum Gasteiger partial charge on any atom is -0.497 e. The summed E-state index contributed by atoms with van der Waals surface area (Å²) < 4.78 is 21.6. The first-order valence-corrected chi connectivity index (χ1v) is 11.4. The van der Waals surface area contributed by atoms with Gasteiger partial charge in [-0.3, -0.25) is 4.79 Å². The Labute approximate surface area is 210 Å². The lowest BCUT2D eigenvalue weighted by Crippen LogP contribution is -2.25. The molecule has 0 fully saturated rings. The molecule has 0 aliphatic carbocycles. The van der Waals surface area contributed by atoms with Crippen molar-refractivity contribution in [1.82, 2.24) is 5.43 Å². The fourth-order valence-corrected chi connectivity index (χ4v) is 3.33. The fourth-order valence-electron chi connectivity index (χ4n) is 3.33. The average Bonchev–Trinajstić information content (AvgIpc) is 2.88. The van der Waals surface area contributed by atoms with E-state index in [1.807, 2.05) is 25.1 Å². The summed E-state index contributed by atoms with van der Waals surface area (Å²) in [5.74, 6) is 1.28. The first-order valence-electron chi connectivity index (χ1n) is 11.4. The Bertz CT molecular complexity index is 1240. The van der Waals surface area contributed by atoms with Gasteiger partial charge in [0.05, 0.1) is 26.0 Å². The lowest BCUT2D eigenvalue weighted by molar-refractivity contribution is -0.123. The molecule has 36 heavy (non-hydrogen) atoms. The molecule has 8 nitrogen and oxygen atoms in total. The Balaban J connectivity index is 1.58. The summed E-state index contributed by atoms with van der Waals surface area (Å²) in [6, 6.07) is 17.5. The van der Waals surface area contributed by atoms with Crippen molar-refractivity contribution in [2.45, 2.75) is 26.7 Å². The molecule has 0 atom stereocenters. The highest BCUT2D eigenvalue weighted by molar-refractivity contribution is 5.92. The Kier molecular flexibility index (Phi) is 9.05. The van der Waals surface area contributed by atoms with E-state index < -0.39 is 5.97 Å². The van der Waals surface area contributed by atoms with E-state index in [4.69, 9.17) is 18.9 Å². The summed E-state index contributed by atoms with van der Waals surface area (Å²) in [7, 11) is 3.02. The largest absolute Gasteiger partial charge is 0.497 e. The summed E-state index contributed by atoms with van der Waals surface area (Å²) in [4.78, 5) is 24.7. The number of aryl methyl sites for hydroxylation is 1. The maximum absolute atomic E-state index is 12.5. The zero-order chi connectivity index (χ0) is 26.1. The maximum Gasteiger partial charge on any atom is 0.343 e. The second kappa shape index (κ2) is 12.4. The van der Waals surface area contributed by atoms with Gasteiger partial charge in [0.2, 0.25) is 0 Å². The van der Waals surface area contributed by atoms with E-state index in [1.54, 1.807) is 49.6 Å². The van der Waals surface area contributed by atoms with E-state index in [0.717, 1.165) is 11.1 Å². The molecule has 0 bridgehead atoms. The van der Waals surface area contributed by atoms with E-state index in [0.29, 0.717) is 28.4 Å². The van der Waals surface area contributed by atoms with E-state index in [2.05, 4.69) is 24.4 Å². The lowest BCUT2D eigenvalue weighted by atomic mass is 10.0. The molecule has 188 valence electrons. The van der Waals surface area contributed by atoms with Crippen LogP contribution in [0.3, 0.4) is 0 Å². The van der Waals surface area contributed by atoms with Crippen LogP contribution in [-0.4, -0.2) is 38.9 Å². The Hall–Kier alpha value is -4.33. The third kappa shape index (κ3) is 7.09. The van der Waals surface area contributed by atoms with Gasteiger partial charge in [-0.2, -0.15) is 5.10 Å². The van der Waals surface area contributed by atoms with Crippen LogP contribution in [0.5, 0.6) is 23.0 Å². The van der Waals surface area contributed by atoms with Gasteiger partial charge in [0.15, 0.2) is 18.1 Å². The van der Waals surface area contributed by atoms with Crippen molar-refractivity contribution >= 4 is 18.1 Å². The van der Waals surface area contributed by atoms with E-state index in [9.17, 15) is 9.59 Å². The molecule has 0 saturated heterocycles. The van der Waals surface area contributed by atoms with E-state index in [-0.39, 0.29) is 24.2 Å². The molecule has 3 aromatic carbocycles. The van der Waals surface area contributed by atoms with Crippen LogP contribution >= 0.6 is 0 Å².